The van der Waals surface area contributed by atoms with Gasteiger partial charge in [-0.15, -0.1) is 0 Å². The maximum Gasteiger partial charge on any atom is 0.323 e. The van der Waals surface area contributed by atoms with Crippen LogP contribution in [0.1, 0.15) is 38.7 Å². The molecular weight excluding hydrogens is 254 g/mol. The molecule has 0 heterocycles. The van der Waals surface area contributed by atoms with E-state index >= 15 is 0 Å². The summed E-state index contributed by atoms with van der Waals surface area (Å²) in [6.45, 7) is 4.24. The Labute approximate surface area is 120 Å². The largest absolute Gasteiger partial charge is 0.494 e. The van der Waals surface area contributed by atoms with E-state index in [1.165, 1.54) is 5.56 Å². The molecular formula is C16H23NO3. The Morgan fingerprint density at radius 2 is 2.05 bits per heavy atom. The quantitative estimate of drug-likeness (QED) is 0.767. The number of aryl methyl sites for hydroxylation is 1. The first-order chi connectivity index (χ1) is 9.53. The Morgan fingerprint density at radius 3 is 2.55 bits per heavy atom. The van der Waals surface area contributed by atoms with Crippen molar-refractivity contribution in [2.45, 2.75) is 51.1 Å². The Bertz CT molecular complexity index is 453. The first kappa shape index (κ1) is 14.9. The number of hydrogen-bond donors (Lipinski definition) is 2. The van der Waals surface area contributed by atoms with E-state index in [-0.39, 0.29) is 0 Å². The lowest BCUT2D eigenvalue weighted by atomic mass is 9.98. The van der Waals surface area contributed by atoms with Crippen LogP contribution in [0.5, 0.6) is 5.75 Å². The van der Waals surface area contributed by atoms with Crippen molar-refractivity contribution < 1.29 is 14.6 Å². The molecule has 0 spiro atoms. The number of benzene rings is 1. The van der Waals surface area contributed by atoms with Gasteiger partial charge in [0.05, 0.1) is 6.61 Å². The van der Waals surface area contributed by atoms with Crippen molar-refractivity contribution in [1.29, 1.82) is 0 Å². The van der Waals surface area contributed by atoms with Crippen LogP contribution in [0.4, 0.5) is 0 Å². The molecule has 0 saturated heterocycles. The molecule has 0 radical (unpaired) electrons. The van der Waals surface area contributed by atoms with Crippen molar-refractivity contribution in [3.63, 3.8) is 0 Å². The van der Waals surface area contributed by atoms with Crippen LogP contribution in [0.15, 0.2) is 24.3 Å². The van der Waals surface area contributed by atoms with Gasteiger partial charge >= 0.3 is 5.97 Å². The maximum absolute atomic E-state index is 11.4. The third kappa shape index (κ3) is 3.97. The highest BCUT2D eigenvalue weighted by Crippen LogP contribution is 2.24. The summed E-state index contributed by atoms with van der Waals surface area (Å²) < 4.78 is 5.65. The number of aliphatic carboxylic acids is 1. The smallest absolute Gasteiger partial charge is 0.323 e. The van der Waals surface area contributed by atoms with Crippen molar-refractivity contribution >= 4 is 5.97 Å². The summed E-state index contributed by atoms with van der Waals surface area (Å²) in [6.07, 6.45) is 3.60. The van der Waals surface area contributed by atoms with Crippen molar-refractivity contribution in [3.8, 4) is 5.75 Å². The molecule has 1 atom stereocenters. The molecule has 110 valence electrons. The van der Waals surface area contributed by atoms with E-state index in [0.717, 1.165) is 25.0 Å². The highest BCUT2D eigenvalue weighted by Gasteiger charge is 2.38. The lowest BCUT2D eigenvalue weighted by Gasteiger charge is -2.26. The number of nitrogens with one attached hydrogen (secondary N) is 1. The van der Waals surface area contributed by atoms with Gasteiger partial charge in [0, 0.05) is 12.5 Å². The topological polar surface area (TPSA) is 58.6 Å². The molecule has 0 amide bonds. The second kappa shape index (κ2) is 6.27. The molecule has 0 bridgehead atoms. The van der Waals surface area contributed by atoms with Crippen LogP contribution in [0, 0.1) is 0 Å². The third-order valence-electron chi connectivity index (χ3n) is 3.77. The summed E-state index contributed by atoms with van der Waals surface area (Å²) in [7, 11) is 0. The molecule has 4 nitrogen and oxygen atoms in total. The standard InChI is InChI=1S/C16H23NO3/c1-3-12-4-8-14(9-5-12)20-11-10-16(2,15(18)19)17-13-6-7-13/h4-5,8-9,13,17H,3,6-7,10-11H2,1-2H3,(H,18,19). The highest BCUT2D eigenvalue weighted by atomic mass is 16.5. The predicted molar refractivity (Wildman–Crippen MR) is 78.1 cm³/mol. The van der Waals surface area contributed by atoms with E-state index in [9.17, 15) is 9.90 Å². The molecule has 20 heavy (non-hydrogen) atoms. The maximum atomic E-state index is 11.4. The summed E-state index contributed by atoms with van der Waals surface area (Å²) in [5.74, 6) is -0.0179. The summed E-state index contributed by atoms with van der Waals surface area (Å²) in [6, 6.07) is 8.30. The Kier molecular flexibility index (Phi) is 4.65. The number of carboxylic acids is 1. The van der Waals surface area contributed by atoms with Gasteiger partial charge in [0.1, 0.15) is 11.3 Å². The summed E-state index contributed by atoms with van der Waals surface area (Å²) in [5.41, 5.74) is 0.368. The first-order valence-electron chi connectivity index (χ1n) is 7.26. The minimum atomic E-state index is -0.898. The second-order valence-corrected chi connectivity index (χ2v) is 5.65. The van der Waals surface area contributed by atoms with Gasteiger partial charge in [-0.1, -0.05) is 19.1 Å². The number of rotatable bonds is 8. The van der Waals surface area contributed by atoms with Gasteiger partial charge < -0.3 is 9.84 Å². The molecule has 4 heteroatoms. The van der Waals surface area contributed by atoms with Crippen LogP contribution in [0.2, 0.25) is 0 Å². The molecule has 1 aromatic rings. The summed E-state index contributed by atoms with van der Waals surface area (Å²) in [4.78, 5) is 11.4. The second-order valence-electron chi connectivity index (χ2n) is 5.65. The average molecular weight is 277 g/mol. The molecule has 1 aliphatic rings. The molecule has 0 aliphatic heterocycles. The molecule has 2 rings (SSSR count). The summed E-state index contributed by atoms with van der Waals surface area (Å²) in [5, 5.41) is 12.5. The van der Waals surface area contributed by atoms with Crippen LogP contribution < -0.4 is 10.1 Å². The van der Waals surface area contributed by atoms with E-state index in [1.807, 2.05) is 24.3 Å². The lowest BCUT2D eigenvalue weighted by Crippen LogP contribution is -2.51. The van der Waals surface area contributed by atoms with Gasteiger partial charge in [-0.05, 0) is 43.9 Å². The van der Waals surface area contributed by atoms with E-state index < -0.39 is 11.5 Å². The van der Waals surface area contributed by atoms with Gasteiger partial charge in [-0.3, -0.25) is 10.1 Å². The molecule has 0 aromatic heterocycles. The van der Waals surface area contributed by atoms with Gasteiger partial charge in [0.25, 0.3) is 0 Å². The average Bonchev–Trinajstić information content (AvgIpc) is 3.23. The highest BCUT2D eigenvalue weighted by molar-refractivity contribution is 5.78. The van der Waals surface area contributed by atoms with Crippen LogP contribution in [-0.2, 0) is 11.2 Å². The number of carboxylic acid groups (broad SMARTS) is 1. The zero-order valence-corrected chi connectivity index (χ0v) is 12.2. The van der Waals surface area contributed by atoms with Crippen LogP contribution in [0.25, 0.3) is 0 Å². The molecule has 1 saturated carbocycles. The molecule has 1 aromatic carbocycles. The van der Waals surface area contributed by atoms with E-state index in [1.54, 1.807) is 6.92 Å². The summed E-state index contributed by atoms with van der Waals surface area (Å²) >= 11 is 0. The number of hydrogen-bond acceptors (Lipinski definition) is 3. The van der Waals surface area contributed by atoms with Gasteiger partial charge in [-0.2, -0.15) is 0 Å². The fourth-order valence-electron chi connectivity index (χ4n) is 2.11. The zero-order chi connectivity index (χ0) is 14.6. The van der Waals surface area contributed by atoms with Crippen molar-refractivity contribution in [2.75, 3.05) is 6.61 Å². The van der Waals surface area contributed by atoms with Crippen molar-refractivity contribution in [1.82, 2.24) is 5.32 Å². The van der Waals surface area contributed by atoms with E-state index in [4.69, 9.17) is 4.74 Å². The SMILES string of the molecule is CCc1ccc(OCCC(C)(NC2CC2)C(=O)O)cc1. The molecule has 1 aliphatic carbocycles. The zero-order valence-electron chi connectivity index (χ0n) is 12.2. The number of ether oxygens (including phenoxy) is 1. The first-order valence-corrected chi connectivity index (χ1v) is 7.26. The third-order valence-corrected chi connectivity index (χ3v) is 3.77. The fraction of sp³-hybridized carbons (Fsp3) is 0.562. The normalized spacial score (nSPS) is 17.5. The number of carbonyl (C=O) groups is 1. The van der Waals surface area contributed by atoms with Crippen molar-refractivity contribution in [2.24, 2.45) is 0 Å². The Balaban J connectivity index is 1.84. The monoisotopic (exact) mass is 277 g/mol. The van der Waals surface area contributed by atoms with Crippen LogP contribution >= 0.6 is 0 Å². The predicted octanol–water partition coefficient (Wildman–Crippen LogP) is 2.61. The Hall–Kier alpha value is -1.55. The molecule has 1 fully saturated rings. The minimum Gasteiger partial charge on any atom is -0.494 e. The van der Waals surface area contributed by atoms with Crippen LogP contribution in [0.3, 0.4) is 0 Å². The molecule has 2 N–H and O–H groups in total. The van der Waals surface area contributed by atoms with Crippen LogP contribution in [-0.4, -0.2) is 29.3 Å². The van der Waals surface area contributed by atoms with Gasteiger partial charge in [-0.25, -0.2) is 0 Å². The minimum absolute atomic E-state index is 0.361. The Morgan fingerprint density at radius 1 is 1.40 bits per heavy atom. The molecule has 1 unspecified atom stereocenters. The van der Waals surface area contributed by atoms with Gasteiger partial charge in [0.15, 0.2) is 0 Å². The van der Waals surface area contributed by atoms with Crippen molar-refractivity contribution in [3.05, 3.63) is 29.8 Å². The fourth-order valence-corrected chi connectivity index (χ4v) is 2.11. The van der Waals surface area contributed by atoms with Gasteiger partial charge in [0.2, 0.25) is 0 Å². The lowest BCUT2D eigenvalue weighted by molar-refractivity contribution is -0.144. The van der Waals surface area contributed by atoms with E-state index in [2.05, 4.69) is 12.2 Å². The van der Waals surface area contributed by atoms with E-state index in [0.29, 0.717) is 19.1 Å².